The Balaban J connectivity index is 1.42. The smallest absolute Gasteiger partial charge is 0.263 e. The second kappa shape index (κ2) is 6.78. The summed E-state index contributed by atoms with van der Waals surface area (Å²) < 4.78 is 3.65. The van der Waals surface area contributed by atoms with Crippen molar-refractivity contribution >= 4 is 16.9 Å². The monoisotopic (exact) mass is 350 g/mol. The number of carbonyl (C=O) groups excluding carboxylic acids is 1. The van der Waals surface area contributed by atoms with Crippen LogP contribution in [-0.4, -0.2) is 38.0 Å². The lowest BCUT2D eigenvalue weighted by atomic mass is 9.96. The molecule has 0 aliphatic carbocycles. The number of piperidine rings is 1. The van der Waals surface area contributed by atoms with Gasteiger partial charge in [0.2, 0.25) is 0 Å². The number of benzene rings is 1. The van der Waals surface area contributed by atoms with E-state index in [0.717, 1.165) is 30.4 Å². The number of pyridine rings is 1. The Kier molecular flexibility index (Phi) is 4.32. The summed E-state index contributed by atoms with van der Waals surface area (Å²) in [6, 6.07) is 11.5. The average molecular weight is 350 g/mol. The zero-order chi connectivity index (χ0) is 18.1. The van der Waals surface area contributed by atoms with Crippen molar-refractivity contribution in [1.82, 2.24) is 19.0 Å². The Labute approximate surface area is 151 Å². The highest BCUT2D eigenvalue weighted by Gasteiger charge is 2.25. The molecule has 0 N–H and O–H groups in total. The second-order valence-corrected chi connectivity index (χ2v) is 6.96. The van der Waals surface area contributed by atoms with E-state index < -0.39 is 0 Å². The van der Waals surface area contributed by atoms with Gasteiger partial charge < -0.3 is 14.0 Å². The summed E-state index contributed by atoms with van der Waals surface area (Å²) >= 11 is 0. The summed E-state index contributed by atoms with van der Waals surface area (Å²) in [5.74, 6) is 0.355. The number of aromatic nitrogens is 3. The first kappa shape index (κ1) is 16.6. The first-order valence-electron chi connectivity index (χ1n) is 8.98. The van der Waals surface area contributed by atoms with Crippen LogP contribution in [-0.2, 0) is 13.6 Å². The number of amides is 1. The van der Waals surface area contributed by atoms with Crippen LogP contribution < -0.4 is 5.56 Å². The van der Waals surface area contributed by atoms with E-state index in [-0.39, 0.29) is 17.0 Å². The lowest BCUT2D eigenvalue weighted by molar-refractivity contribution is 0.0681. The van der Waals surface area contributed by atoms with Gasteiger partial charge in [-0.05, 0) is 43.0 Å². The van der Waals surface area contributed by atoms with Crippen LogP contribution in [0.1, 0.15) is 23.2 Å². The normalized spacial score (nSPS) is 15.5. The molecule has 0 atom stereocenters. The van der Waals surface area contributed by atoms with Crippen molar-refractivity contribution in [1.29, 1.82) is 0 Å². The molecular formula is C20H22N4O2. The highest BCUT2D eigenvalue weighted by Crippen LogP contribution is 2.22. The molecule has 3 heterocycles. The largest absolute Gasteiger partial charge is 0.338 e. The van der Waals surface area contributed by atoms with Crippen LogP contribution >= 0.6 is 0 Å². The molecule has 134 valence electrons. The summed E-state index contributed by atoms with van der Waals surface area (Å²) in [5, 5.41) is 0. The molecule has 0 radical (unpaired) electrons. The molecule has 1 amide bonds. The van der Waals surface area contributed by atoms with Crippen molar-refractivity contribution in [2.75, 3.05) is 13.1 Å². The fraction of sp³-hybridized carbons (Fsp3) is 0.350. The number of imidazole rings is 1. The fourth-order valence-electron chi connectivity index (χ4n) is 3.68. The van der Waals surface area contributed by atoms with Gasteiger partial charge in [-0.25, -0.2) is 4.98 Å². The lowest BCUT2D eigenvalue weighted by Gasteiger charge is -2.32. The van der Waals surface area contributed by atoms with E-state index in [1.807, 2.05) is 24.5 Å². The first-order valence-corrected chi connectivity index (χ1v) is 8.98. The van der Waals surface area contributed by atoms with Crippen molar-refractivity contribution in [3.05, 3.63) is 64.8 Å². The first-order chi connectivity index (χ1) is 12.6. The van der Waals surface area contributed by atoms with Gasteiger partial charge in [-0.15, -0.1) is 0 Å². The molecule has 0 spiro atoms. The summed E-state index contributed by atoms with van der Waals surface area (Å²) in [4.78, 5) is 31.1. The molecule has 0 bridgehead atoms. The number of rotatable bonds is 3. The van der Waals surface area contributed by atoms with Crippen molar-refractivity contribution < 1.29 is 4.79 Å². The van der Waals surface area contributed by atoms with Crippen molar-refractivity contribution in [3.63, 3.8) is 0 Å². The molecule has 26 heavy (non-hydrogen) atoms. The van der Waals surface area contributed by atoms with Gasteiger partial charge in [0, 0.05) is 32.9 Å². The number of para-hydroxylation sites is 2. The average Bonchev–Trinajstić information content (AvgIpc) is 3.07. The molecule has 0 saturated carbocycles. The number of carbonyl (C=O) groups is 1. The van der Waals surface area contributed by atoms with Gasteiger partial charge in [0.1, 0.15) is 5.56 Å². The van der Waals surface area contributed by atoms with Gasteiger partial charge in [-0.2, -0.15) is 0 Å². The maximum absolute atomic E-state index is 12.7. The van der Waals surface area contributed by atoms with E-state index in [4.69, 9.17) is 0 Å². The molecule has 1 fully saturated rings. The van der Waals surface area contributed by atoms with Crippen molar-refractivity contribution in [3.8, 4) is 0 Å². The Hall–Kier alpha value is -2.89. The number of aryl methyl sites for hydroxylation is 1. The third-order valence-electron chi connectivity index (χ3n) is 5.24. The third kappa shape index (κ3) is 3.03. The van der Waals surface area contributed by atoms with Crippen LogP contribution in [0.4, 0.5) is 0 Å². The topological polar surface area (TPSA) is 60.1 Å². The Morgan fingerprint density at radius 3 is 2.73 bits per heavy atom. The fourth-order valence-corrected chi connectivity index (χ4v) is 3.68. The van der Waals surface area contributed by atoms with E-state index in [2.05, 4.69) is 15.6 Å². The van der Waals surface area contributed by atoms with Gasteiger partial charge in [0.15, 0.2) is 0 Å². The second-order valence-electron chi connectivity index (χ2n) is 6.96. The molecule has 1 saturated heterocycles. The van der Waals surface area contributed by atoms with Crippen LogP contribution in [0, 0.1) is 5.92 Å². The Morgan fingerprint density at radius 2 is 1.92 bits per heavy atom. The predicted molar refractivity (Wildman–Crippen MR) is 100 cm³/mol. The molecule has 1 aliphatic heterocycles. The van der Waals surface area contributed by atoms with Crippen molar-refractivity contribution in [2.24, 2.45) is 13.0 Å². The highest BCUT2D eigenvalue weighted by atomic mass is 16.2. The quantitative estimate of drug-likeness (QED) is 0.728. The number of hydrogen-bond donors (Lipinski definition) is 0. The zero-order valence-electron chi connectivity index (χ0n) is 14.8. The van der Waals surface area contributed by atoms with Gasteiger partial charge in [0.05, 0.1) is 17.4 Å². The summed E-state index contributed by atoms with van der Waals surface area (Å²) in [7, 11) is 1.67. The van der Waals surface area contributed by atoms with Gasteiger partial charge in [0.25, 0.3) is 11.5 Å². The van der Waals surface area contributed by atoms with E-state index in [9.17, 15) is 9.59 Å². The summed E-state index contributed by atoms with van der Waals surface area (Å²) in [6.45, 7) is 2.29. The van der Waals surface area contributed by atoms with Gasteiger partial charge in [-0.3, -0.25) is 9.59 Å². The van der Waals surface area contributed by atoms with E-state index >= 15 is 0 Å². The Bertz CT molecular complexity index is 996. The predicted octanol–water partition coefficient (Wildman–Crippen LogP) is 2.29. The third-order valence-corrected chi connectivity index (χ3v) is 5.24. The van der Waals surface area contributed by atoms with Crippen molar-refractivity contribution in [2.45, 2.75) is 19.4 Å². The maximum Gasteiger partial charge on any atom is 0.263 e. The van der Waals surface area contributed by atoms with Crippen LogP contribution in [0.3, 0.4) is 0 Å². The Morgan fingerprint density at radius 1 is 1.15 bits per heavy atom. The van der Waals surface area contributed by atoms with E-state index in [1.165, 1.54) is 4.57 Å². The zero-order valence-corrected chi connectivity index (χ0v) is 14.8. The molecule has 6 heteroatoms. The van der Waals surface area contributed by atoms with Gasteiger partial charge >= 0.3 is 0 Å². The molecule has 1 aliphatic rings. The van der Waals surface area contributed by atoms with E-state index in [1.54, 1.807) is 30.3 Å². The number of nitrogens with zero attached hydrogens (tertiary/aromatic N) is 4. The molecule has 6 nitrogen and oxygen atoms in total. The van der Waals surface area contributed by atoms with Crippen LogP contribution in [0.15, 0.2) is 53.7 Å². The molecule has 0 unspecified atom stereocenters. The minimum absolute atomic E-state index is 0.155. The standard InChI is InChI=1S/C20H22N4O2/c1-22-10-4-5-16(19(22)25)20(26)23-11-8-15(9-12-23)13-24-14-21-17-6-2-3-7-18(17)24/h2-7,10,14-15H,8-9,11-13H2,1H3. The van der Waals surface area contributed by atoms with Crippen LogP contribution in [0.5, 0.6) is 0 Å². The lowest BCUT2D eigenvalue weighted by Crippen LogP contribution is -2.41. The van der Waals surface area contributed by atoms with E-state index in [0.29, 0.717) is 19.0 Å². The minimum atomic E-state index is -0.232. The number of likely N-dealkylation sites (tertiary alicyclic amines) is 1. The van der Waals surface area contributed by atoms with Gasteiger partial charge in [-0.1, -0.05) is 12.1 Å². The molecule has 2 aromatic heterocycles. The maximum atomic E-state index is 12.7. The van der Waals surface area contributed by atoms with Crippen LogP contribution in [0.2, 0.25) is 0 Å². The minimum Gasteiger partial charge on any atom is -0.338 e. The molecular weight excluding hydrogens is 328 g/mol. The summed E-state index contributed by atoms with van der Waals surface area (Å²) in [6.07, 6.45) is 5.44. The summed E-state index contributed by atoms with van der Waals surface area (Å²) in [5.41, 5.74) is 2.19. The number of fused-ring (bicyclic) bond motifs is 1. The molecule has 1 aromatic carbocycles. The molecule has 3 aromatic rings. The highest BCUT2D eigenvalue weighted by molar-refractivity contribution is 5.93. The van der Waals surface area contributed by atoms with Crippen LogP contribution in [0.25, 0.3) is 11.0 Å². The number of hydrogen-bond acceptors (Lipinski definition) is 3. The molecule has 4 rings (SSSR count). The SMILES string of the molecule is Cn1cccc(C(=O)N2CCC(Cn3cnc4ccccc43)CC2)c1=O.